The summed E-state index contributed by atoms with van der Waals surface area (Å²) in [5.41, 5.74) is 3.54. The highest BCUT2D eigenvalue weighted by molar-refractivity contribution is 6.04. The number of hydrogen-bond acceptors (Lipinski definition) is 3. The fourth-order valence-corrected chi connectivity index (χ4v) is 2.13. The first-order valence-electron chi connectivity index (χ1n) is 7.36. The molecule has 2 N–H and O–H groups in total. The molecule has 1 aromatic heterocycles. The highest BCUT2D eigenvalue weighted by Crippen LogP contribution is 2.24. The summed E-state index contributed by atoms with van der Waals surface area (Å²) in [5, 5.41) is 6.25. The van der Waals surface area contributed by atoms with Gasteiger partial charge in [-0.05, 0) is 43.0 Å². The summed E-state index contributed by atoms with van der Waals surface area (Å²) in [7, 11) is 0. The Balaban J connectivity index is 1.68. The molecule has 0 spiro atoms. The monoisotopic (exact) mass is 281 g/mol. The zero-order valence-corrected chi connectivity index (χ0v) is 12.1. The molecule has 0 bridgehead atoms. The number of amides is 1. The molecule has 0 unspecified atom stereocenters. The summed E-state index contributed by atoms with van der Waals surface area (Å²) >= 11 is 0. The van der Waals surface area contributed by atoms with Crippen molar-refractivity contribution in [1.82, 2.24) is 4.98 Å². The molecule has 1 aromatic carbocycles. The molecule has 0 atom stereocenters. The smallest absolute Gasteiger partial charge is 0.257 e. The lowest BCUT2D eigenvalue weighted by Crippen LogP contribution is -2.13. The van der Waals surface area contributed by atoms with Crippen LogP contribution in [0.15, 0.2) is 42.7 Å². The molecule has 1 fully saturated rings. The summed E-state index contributed by atoms with van der Waals surface area (Å²) in [6.07, 6.45) is 6.73. The minimum Gasteiger partial charge on any atom is -0.381 e. The van der Waals surface area contributed by atoms with E-state index in [2.05, 4.69) is 22.5 Å². The number of anilines is 2. The number of aryl methyl sites for hydroxylation is 1. The molecule has 3 rings (SSSR count). The van der Waals surface area contributed by atoms with Crippen LogP contribution in [0, 0.1) is 0 Å². The Labute approximate surface area is 124 Å². The second-order valence-electron chi connectivity index (χ2n) is 5.39. The highest BCUT2D eigenvalue weighted by atomic mass is 16.1. The molecule has 0 aliphatic heterocycles. The van der Waals surface area contributed by atoms with Gasteiger partial charge >= 0.3 is 0 Å². The first-order valence-corrected chi connectivity index (χ1v) is 7.36. The second-order valence-corrected chi connectivity index (χ2v) is 5.39. The van der Waals surface area contributed by atoms with Crippen molar-refractivity contribution in [2.45, 2.75) is 32.2 Å². The van der Waals surface area contributed by atoms with Crippen molar-refractivity contribution >= 4 is 17.3 Å². The number of nitrogens with zero attached hydrogens (tertiary/aromatic N) is 1. The lowest BCUT2D eigenvalue weighted by Gasteiger charge is -2.08. The summed E-state index contributed by atoms with van der Waals surface area (Å²) in [4.78, 5) is 16.4. The predicted molar refractivity (Wildman–Crippen MR) is 84.7 cm³/mol. The maximum Gasteiger partial charge on any atom is 0.257 e. The lowest BCUT2D eigenvalue weighted by molar-refractivity contribution is 0.102. The molecule has 1 heterocycles. The summed E-state index contributed by atoms with van der Waals surface area (Å²) < 4.78 is 0. The third-order valence-electron chi connectivity index (χ3n) is 3.57. The molecular weight excluding hydrogens is 262 g/mol. The first-order chi connectivity index (χ1) is 10.2. The lowest BCUT2D eigenvalue weighted by atomic mass is 10.1. The van der Waals surface area contributed by atoms with Crippen LogP contribution in [-0.2, 0) is 6.42 Å². The van der Waals surface area contributed by atoms with E-state index in [4.69, 9.17) is 0 Å². The molecule has 2 aromatic rings. The van der Waals surface area contributed by atoms with Gasteiger partial charge in [0.15, 0.2) is 0 Å². The van der Waals surface area contributed by atoms with Crippen LogP contribution in [0.5, 0.6) is 0 Å². The van der Waals surface area contributed by atoms with Crippen molar-refractivity contribution in [1.29, 1.82) is 0 Å². The number of carbonyl (C=O) groups is 1. The van der Waals surface area contributed by atoms with E-state index in [1.807, 2.05) is 30.3 Å². The molecule has 0 saturated heterocycles. The van der Waals surface area contributed by atoms with Crippen LogP contribution >= 0.6 is 0 Å². The van der Waals surface area contributed by atoms with E-state index in [0.29, 0.717) is 11.6 Å². The normalized spacial score (nSPS) is 13.8. The first kappa shape index (κ1) is 13.6. The Morgan fingerprint density at radius 3 is 2.62 bits per heavy atom. The molecule has 108 valence electrons. The quantitative estimate of drug-likeness (QED) is 0.882. The fraction of sp³-hybridized carbons (Fsp3) is 0.294. The van der Waals surface area contributed by atoms with Gasteiger partial charge in [0, 0.05) is 24.1 Å². The third kappa shape index (κ3) is 3.60. The van der Waals surface area contributed by atoms with Crippen molar-refractivity contribution < 1.29 is 4.79 Å². The van der Waals surface area contributed by atoms with Gasteiger partial charge in [-0.2, -0.15) is 0 Å². The largest absolute Gasteiger partial charge is 0.381 e. The predicted octanol–water partition coefficient (Wildman–Crippen LogP) is 3.47. The van der Waals surface area contributed by atoms with E-state index < -0.39 is 0 Å². The molecular formula is C17H19N3O. The average molecular weight is 281 g/mol. The molecule has 21 heavy (non-hydrogen) atoms. The van der Waals surface area contributed by atoms with Gasteiger partial charge in [0.05, 0.1) is 11.3 Å². The topological polar surface area (TPSA) is 54.0 Å². The molecule has 1 saturated carbocycles. The van der Waals surface area contributed by atoms with Crippen molar-refractivity contribution in [2.24, 2.45) is 0 Å². The number of carbonyl (C=O) groups excluding carboxylic acids is 1. The Kier molecular flexibility index (Phi) is 3.86. The van der Waals surface area contributed by atoms with E-state index in [0.717, 1.165) is 17.8 Å². The van der Waals surface area contributed by atoms with Crippen molar-refractivity contribution in [3.63, 3.8) is 0 Å². The Bertz CT molecular complexity index is 633. The SMILES string of the molecule is CCc1ccc(NC(=O)c2cncc(NC3CC3)c2)cc1. The van der Waals surface area contributed by atoms with Crippen LogP contribution < -0.4 is 10.6 Å². The minimum atomic E-state index is -0.133. The third-order valence-corrected chi connectivity index (χ3v) is 3.57. The van der Waals surface area contributed by atoms with Gasteiger partial charge in [-0.3, -0.25) is 9.78 Å². The Morgan fingerprint density at radius 2 is 1.95 bits per heavy atom. The van der Waals surface area contributed by atoms with Gasteiger partial charge in [0.1, 0.15) is 0 Å². The summed E-state index contributed by atoms with van der Waals surface area (Å²) in [5.74, 6) is -0.133. The van der Waals surface area contributed by atoms with E-state index >= 15 is 0 Å². The Morgan fingerprint density at radius 1 is 1.19 bits per heavy atom. The molecule has 1 amide bonds. The number of aromatic nitrogens is 1. The minimum absolute atomic E-state index is 0.133. The number of pyridine rings is 1. The second kappa shape index (κ2) is 5.95. The van der Waals surface area contributed by atoms with Gasteiger partial charge in [0.2, 0.25) is 0 Å². The zero-order chi connectivity index (χ0) is 14.7. The van der Waals surface area contributed by atoms with Crippen molar-refractivity contribution in [3.8, 4) is 0 Å². The van der Waals surface area contributed by atoms with E-state index in [1.54, 1.807) is 12.4 Å². The average Bonchev–Trinajstić information content (AvgIpc) is 3.32. The van der Waals surface area contributed by atoms with Crippen LogP contribution in [0.1, 0.15) is 35.7 Å². The van der Waals surface area contributed by atoms with Gasteiger partial charge in [-0.15, -0.1) is 0 Å². The maximum atomic E-state index is 12.2. The maximum absolute atomic E-state index is 12.2. The zero-order valence-electron chi connectivity index (χ0n) is 12.1. The number of hydrogen-bond donors (Lipinski definition) is 2. The molecule has 4 nitrogen and oxygen atoms in total. The van der Waals surface area contributed by atoms with Gasteiger partial charge < -0.3 is 10.6 Å². The fourth-order valence-electron chi connectivity index (χ4n) is 2.13. The van der Waals surface area contributed by atoms with Crippen LogP contribution in [-0.4, -0.2) is 16.9 Å². The highest BCUT2D eigenvalue weighted by Gasteiger charge is 2.21. The molecule has 1 aliphatic carbocycles. The summed E-state index contributed by atoms with van der Waals surface area (Å²) in [6, 6.07) is 10.3. The molecule has 1 aliphatic rings. The van der Waals surface area contributed by atoms with Crippen LogP contribution in [0.2, 0.25) is 0 Å². The standard InChI is InChI=1S/C17H19N3O/c1-2-12-3-5-15(6-4-12)20-17(21)13-9-16(11-18-10-13)19-14-7-8-14/h3-6,9-11,14,19H,2,7-8H2,1H3,(H,20,21). The summed E-state index contributed by atoms with van der Waals surface area (Å²) in [6.45, 7) is 2.11. The van der Waals surface area contributed by atoms with Gasteiger partial charge in [-0.25, -0.2) is 0 Å². The van der Waals surface area contributed by atoms with E-state index in [1.165, 1.54) is 18.4 Å². The number of nitrogens with one attached hydrogen (secondary N) is 2. The van der Waals surface area contributed by atoms with Crippen molar-refractivity contribution in [2.75, 3.05) is 10.6 Å². The Hall–Kier alpha value is -2.36. The van der Waals surface area contributed by atoms with Crippen LogP contribution in [0.4, 0.5) is 11.4 Å². The molecule has 4 heteroatoms. The van der Waals surface area contributed by atoms with Gasteiger partial charge in [0.25, 0.3) is 5.91 Å². The van der Waals surface area contributed by atoms with E-state index in [9.17, 15) is 4.79 Å². The number of benzene rings is 1. The van der Waals surface area contributed by atoms with Crippen molar-refractivity contribution in [3.05, 3.63) is 53.9 Å². The number of rotatable bonds is 5. The van der Waals surface area contributed by atoms with Crippen LogP contribution in [0.3, 0.4) is 0 Å². The molecule has 0 radical (unpaired) electrons. The van der Waals surface area contributed by atoms with E-state index in [-0.39, 0.29) is 5.91 Å². The van der Waals surface area contributed by atoms with Crippen LogP contribution in [0.25, 0.3) is 0 Å². The van der Waals surface area contributed by atoms with Gasteiger partial charge in [-0.1, -0.05) is 19.1 Å².